The molecule has 28 heavy (non-hydrogen) atoms. The van der Waals surface area contributed by atoms with Gasteiger partial charge in [0.25, 0.3) is 0 Å². The van der Waals surface area contributed by atoms with Crippen LogP contribution in [0.4, 0.5) is 0 Å². The van der Waals surface area contributed by atoms with E-state index in [4.69, 9.17) is 9.57 Å². The van der Waals surface area contributed by atoms with Gasteiger partial charge in [-0.15, -0.1) is 0 Å². The molecule has 3 atom stereocenters. The first-order valence-corrected chi connectivity index (χ1v) is 9.94. The Hall–Kier alpha value is -2.12. The zero-order valence-electron chi connectivity index (χ0n) is 16.5. The molecule has 154 valence electrons. The SMILES string of the molecule is CCCCCC1ON(Cc2cccc(OC)c2)C2CC(C(=O)O)(C(=O)O)CC12. The van der Waals surface area contributed by atoms with Gasteiger partial charge in [0.15, 0.2) is 5.41 Å². The number of fused-ring (bicyclic) bond motifs is 1. The first-order valence-electron chi connectivity index (χ1n) is 9.94. The Labute approximate surface area is 165 Å². The molecule has 1 aromatic carbocycles. The zero-order chi connectivity index (χ0) is 20.3. The fraction of sp³-hybridized carbons (Fsp3) is 0.619. The zero-order valence-corrected chi connectivity index (χ0v) is 16.5. The highest BCUT2D eigenvalue weighted by Gasteiger charge is 2.62. The summed E-state index contributed by atoms with van der Waals surface area (Å²) in [6, 6.07) is 7.42. The molecule has 1 saturated heterocycles. The molecule has 1 aromatic rings. The van der Waals surface area contributed by atoms with Gasteiger partial charge in [-0.25, -0.2) is 0 Å². The Kier molecular flexibility index (Phi) is 6.25. The summed E-state index contributed by atoms with van der Waals surface area (Å²) in [7, 11) is 1.61. The largest absolute Gasteiger partial charge is 0.497 e. The lowest BCUT2D eigenvalue weighted by Gasteiger charge is -2.26. The van der Waals surface area contributed by atoms with E-state index in [1.54, 1.807) is 7.11 Å². The van der Waals surface area contributed by atoms with E-state index in [-0.39, 0.29) is 30.9 Å². The van der Waals surface area contributed by atoms with Crippen LogP contribution < -0.4 is 4.74 Å². The van der Waals surface area contributed by atoms with Crippen molar-refractivity contribution < 1.29 is 29.4 Å². The van der Waals surface area contributed by atoms with E-state index in [0.29, 0.717) is 6.54 Å². The van der Waals surface area contributed by atoms with Crippen LogP contribution in [-0.4, -0.2) is 46.5 Å². The van der Waals surface area contributed by atoms with Crippen LogP contribution in [0.1, 0.15) is 51.0 Å². The first-order chi connectivity index (χ1) is 13.4. The summed E-state index contributed by atoms with van der Waals surface area (Å²) in [6.07, 6.45) is 4.02. The van der Waals surface area contributed by atoms with E-state index in [0.717, 1.165) is 37.0 Å². The summed E-state index contributed by atoms with van der Waals surface area (Å²) in [5, 5.41) is 21.2. The van der Waals surface area contributed by atoms with E-state index in [1.807, 2.05) is 29.3 Å². The lowest BCUT2D eigenvalue weighted by atomic mass is 9.84. The molecule has 0 spiro atoms. The third-order valence-electron chi connectivity index (χ3n) is 6.14. The van der Waals surface area contributed by atoms with Gasteiger partial charge in [0.2, 0.25) is 0 Å². The van der Waals surface area contributed by atoms with Crippen molar-refractivity contribution in [1.29, 1.82) is 0 Å². The number of aliphatic carboxylic acids is 2. The Morgan fingerprint density at radius 2 is 2.00 bits per heavy atom. The van der Waals surface area contributed by atoms with E-state index in [1.165, 1.54) is 0 Å². The number of rotatable bonds is 9. The fourth-order valence-electron chi connectivity index (χ4n) is 4.56. The van der Waals surface area contributed by atoms with E-state index >= 15 is 0 Å². The molecule has 1 aliphatic carbocycles. The van der Waals surface area contributed by atoms with Crippen molar-refractivity contribution in [2.75, 3.05) is 7.11 Å². The number of carboxylic acids is 2. The molecule has 0 bridgehead atoms. The molecular weight excluding hydrogens is 362 g/mol. The molecule has 2 N–H and O–H groups in total. The number of methoxy groups -OCH3 is 1. The topological polar surface area (TPSA) is 96.3 Å². The van der Waals surface area contributed by atoms with Crippen molar-refractivity contribution in [3.8, 4) is 5.75 Å². The lowest BCUT2D eigenvalue weighted by Crippen LogP contribution is -2.40. The van der Waals surface area contributed by atoms with Crippen molar-refractivity contribution in [2.24, 2.45) is 11.3 Å². The predicted octanol–water partition coefficient (Wildman–Crippen LogP) is 3.33. The van der Waals surface area contributed by atoms with Crippen molar-refractivity contribution in [2.45, 2.75) is 64.1 Å². The van der Waals surface area contributed by atoms with Gasteiger partial charge in [0, 0.05) is 18.5 Å². The highest BCUT2D eigenvalue weighted by atomic mass is 16.7. The molecule has 0 aromatic heterocycles. The third kappa shape index (κ3) is 3.86. The molecule has 7 heteroatoms. The summed E-state index contributed by atoms with van der Waals surface area (Å²) in [5.74, 6) is -1.84. The minimum absolute atomic E-state index is 0.0661. The monoisotopic (exact) mass is 391 g/mol. The molecule has 1 heterocycles. The Balaban J connectivity index is 1.82. The maximum atomic E-state index is 11.9. The summed E-state index contributed by atoms with van der Waals surface area (Å²) >= 11 is 0. The molecule has 7 nitrogen and oxygen atoms in total. The fourth-order valence-corrected chi connectivity index (χ4v) is 4.56. The number of unbranched alkanes of at least 4 members (excludes halogenated alkanes) is 2. The average Bonchev–Trinajstić information content (AvgIpc) is 3.21. The van der Waals surface area contributed by atoms with Crippen molar-refractivity contribution in [3.05, 3.63) is 29.8 Å². The molecule has 1 aliphatic heterocycles. The van der Waals surface area contributed by atoms with Gasteiger partial charge in [0.05, 0.1) is 13.2 Å². The van der Waals surface area contributed by atoms with Gasteiger partial charge >= 0.3 is 11.9 Å². The molecule has 0 amide bonds. The number of ether oxygens (including phenoxy) is 1. The van der Waals surface area contributed by atoms with Crippen molar-refractivity contribution in [1.82, 2.24) is 5.06 Å². The van der Waals surface area contributed by atoms with Crippen LogP contribution in [0.2, 0.25) is 0 Å². The normalized spacial score (nSPS) is 26.1. The van der Waals surface area contributed by atoms with E-state index in [9.17, 15) is 19.8 Å². The van der Waals surface area contributed by atoms with Gasteiger partial charge in [0.1, 0.15) is 5.75 Å². The molecule has 1 saturated carbocycles. The summed E-state index contributed by atoms with van der Waals surface area (Å²) < 4.78 is 5.27. The van der Waals surface area contributed by atoms with Crippen LogP contribution in [0.25, 0.3) is 0 Å². The van der Waals surface area contributed by atoms with Crippen molar-refractivity contribution >= 4 is 11.9 Å². The minimum atomic E-state index is -1.73. The van der Waals surface area contributed by atoms with E-state index < -0.39 is 17.4 Å². The molecule has 2 aliphatic rings. The Morgan fingerprint density at radius 1 is 1.25 bits per heavy atom. The summed E-state index contributed by atoms with van der Waals surface area (Å²) in [5.41, 5.74) is -0.746. The number of hydrogen-bond donors (Lipinski definition) is 2. The minimum Gasteiger partial charge on any atom is -0.497 e. The highest BCUT2D eigenvalue weighted by Crippen LogP contribution is 2.51. The molecule has 3 rings (SSSR count). The van der Waals surface area contributed by atoms with Crippen LogP contribution in [0.3, 0.4) is 0 Å². The molecule has 2 fully saturated rings. The Bertz CT molecular complexity index is 707. The van der Waals surface area contributed by atoms with Crippen molar-refractivity contribution in [3.63, 3.8) is 0 Å². The second-order valence-corrected chi connectivity index (χ2v) is 7.90. The summed E-state index contributed by atoms with van der Waals surface area (Å²) in [4.78, 5) is 29.9. The average molecular weight is 391 g/mol. The number of benzene rings is 1. The summed E-state index contributed by atoms with van der Waals surface area (Å²) in [6.45, 7) is 2.60. The number of hydrogen-bond acceptors (Lipinski definition) is 5. The number of nitrogens with zero attached hydrogens (tertiary/aromatic N) is 1. The van der Waals surface area contributed by atoms with Crippen LogP contribution in [0, 0.1) is 11.3 Å². The smallest absolute Gasteiger partial charge is 0.321 e. The van der Waals surface area contributed by atoms with Crippen LogP contribution in [-0.2, 0) is 21.0 Å². The third-order valence-corrected chi connectivity index (χ3v) is 6.14. The second-order valence-electron chi connectivity index (χ2n) is 7.90. The highest BCUT2D eigenvalue weighted by molar-refractivity contribution is 5.98. The van der Waals surface area contributed by atoms with E-state index in [2.05, 4.69) is 6.92 Å². The number of carbonyl (C=O) groups is 2. The van der Waals surface area contributed by atoms with Gasteiger partial charge in [-0.3, -0.25) is 14.4 Å². The molecular formula is C21H29NO6. The Morgan fingerprint density at radius 3 is 2.64 bits per heavy atom. The lowest BCUT2D eigenvalue weighted by molar-refractivity contribution is -0.185. The van der Waals surface area contributed by atoms with Crippen LogP contribution in [0.5, 0.6) is 5.75 Å². The van der Waals surface area contributed by atoms with Crippen LogP contribution in [0.15, 0.2) is 24.3 Å². The second kappa shape index (κ2) is 8.49. The molecule has 3 unspecified atom stereocenters. The van der Waals surface area contributed by atoms with Gasteiger partial charge in [-0.05, 0) is 37.0 Å². The standard InChI is InChI=1S/C21H29NO6/c1-3-4-5-9-18-16-11-21(19(23)24,20(25)26)12-17(16)22(28-18)13-14-7-6-8-15(10-14)27-2/h6-8,10,16-18H,3-5,9,11-13H2,1-2H3,(H,23,24)(H,25,26). The molecule has 0 radical (unpaired) electrons. The number of carboxylic acid groups (broad SMARTS) is 2. The maximum absolute atomic E-state index is 11.9. The number of hydroxylamine groups is 2. The van der Waals surface area contributed by atoms with Gasteiger partial charge in [-0.1, -0.05) is 38.3 Å². The first kappa shape index (κ1) is 20.6. The maximum Gasteiger partial charge on any atom is 0.321 e. The van der Waals surface area contributed by atoms with Crippen LogP contribution >= 0.6 is 0 Å². The van der Waals surface area contributed by atoms with Gasteiger partial charge in [-0.2, -0.15) is 5.06 Å². The quantitative estimate of drug-likeness (QED) is 0.492. The predicted molar refractivity (Wildman–Crippen MR) is 102 cm³/mol. The van der Waals surface area contributed by atoms with Gasteiger partial charge < -0.3 is 14.9 Å².